The maximum absolute atomic E-state index is 14.3. The predicted molar refractivity (Wildman–Crippen MR) is 250 cm³/mol. The Bertz CT molecular complexity index is 2350. The number of esters is 2. The molecule has 0 aromatic carbocycles. The van der Waals surface area contributed by atoms with Crippen molar-refractivity contribution in [2.45, 2.75) is 146 Å². The Morgan fingerprint density at radius 2 is 1.47 bits per heavy atom. The van der Waals surface area contributed by atoms with Crippen molar-refractivity contribution in [3.8, 4) is 0 Å². The van der Waals surface area contributed by atoms with E-state index < -0.39 is 11.9 Å². The number of aromatic nitrogens is 3. The molecule has 1 saturated heterocycles. The number of Topliss-reactive ketones (excluding diaryl/α,β-unsaturated/α-hetero) is 1. The van der Waals surface area contributed by atoms with Crippen molar-refractivity contribution in [2.75, 3.05) is 13.7 Å². The molecule has 10 heteroatoms. The Morgan fingerprint density at radius 3 is 2.15 bits per heavy atom. The van der Waals surface area contributed by atoms with E-state index in [2.05, 4.69) is 68.4 Å². The van der Waals surface area contributed by atoms with E-state index in [1.54, 1.807) is 0 Å². The summed E-state index contributed by atoms with van der Waals surface area (Å²) >= 11 is 0. The van der Waals surface area contributed by atoms with Crippen molar-refractivity contribution in [3.63, 3.8) is 0 Å². The molecule has 6 rings (SSSR count). The Hall–Kier alpha value is -4.02. The molecule has 330 valence electrons. The van der Waals surface area contributed by atoms with Crippen molar-refractivity contribution in [2.24, 2.45) is 29.6 Å². The molecule has 0 spiro atoms. The molecule has 8 bridgehead atoms. The quantitative estimate of drug-likeness (QED) is 0.0537. The van der Waals surface area contributed by atoms with Crippen molar-refractivity contribution in [1.29, 1.82) is 0 Å². The molecule has 62 heavy (non-hydrogen) atoms. The first-order valence-corrected chi connectivity index (χ1v) is 23.0. The summed E-state index contributed by atoms with van der Waals surface area (Å²) in [6.45, 7) is 21.8. The SMILES string of the molecule is CCC[C@@H](C)CCC[C@@H](C)CCC/C(C)=C\COC(=O)CC[C@@H]1/C2=C3/c4[n-]c(c(C)c4C(=O)[C@@H]3C(=O)OC)/C=c3\[n-]/c(c(C)c3CC)=C\c3[n-]c(c(C)c3CC)/C=C(\[N-]2)[C@H]1C.[Mg+2]. The normalized spacial score (nSPS) is 22.1. The fourth-order valence-electron chi connectivity index (χ4n) is 9.92. The molecule has 1 fully saturated rings. The maximum Gasteiger partial charge on any atom is 2.00 e. The van der Waals surface area contributed by atoms with Gasteiger partial charge in [-0.05, 0) is 89.5 Å². The Kier molecular flexibility index (Phi) is 17.0. The van der Waals surface area contributed by atoms with Crippen LogP contribution in [-0.4, -0.2) is 54.5 Å². The van der Waals surface area contributed by atoms with Gasteiger partial charge in [0.05, 0.1) is 7.11 Å². The second-order valence-corrected chi connectivity index (χ2v) is 18.1. The van der Waals surface area contributed by atoms with Gasteiger partial charge in [0.15, 0.2) is 5.78 Å². The van der Waals surface area contributed by atoms with E-state index in [0.717, 1.165) is 87.6 Å². The maximum atomic E-state index is 14.3. The molecule has 3 aromatic heterocycles. The summed E-state index contributed by atoms with van der Waals surface area (Å²) in [5.74, 6) is -1.40. The number of hydrogen-bond donors (Lipinski definition) is 0. The van der Waals surface area contributed by atoms with E-state index in [9.17, 15) is 14.4 Å². The zero-order valence-corrected chi connectivity index (χ0v) is 40.8. The number of ketones is 1. The first kappa shape index (κ1) is 49.0. The molecule has 3 aromatic rings. The van der Waals surface area contributed by atoms with Crippen molar-refractivity contribution < 1.29 is 23.9 Å². The smallest absolute Gasteiger partial charge is 0.664 e. The van der Waals surface area contributed by atoms with Gasteiger partial charge in [-0.15, -0.1) is 33.5 Å². The molecule has 3 aliphatic rings. The average molecular weight is 853 g/mol. The summed E-state index contributed by atoms with van der Waals surface area (Å²) in [5, 5.41) is 6.93. The van der Waals surface area contributed by atoms with Gasteiger partial charge < -0.3 is 29.7 Å². The van der Waals surface area contributed by atoms with Crippen LogP contribution in [0.5, 0.6) is 0 Å². The first-order valence-electron chi connectivity index (χ1n) is 23.0. The molecule has 2 aliphatic heterocycles. The van der Waals surface area contributed by atoms with Gasteiger partial charge in [-0.3, -0.25) is 14.4 Å². The second-order valence-electron chi connectivity index (χ2n) is 18.1. The van der Waals surface area contributed by atoms with Gasteiger partial charge in [-0.2, -0.15) is 11.4 Å². The zero-order valence-electron chi connectivity index (χ0n) is 39.4. The van der Waals surface area contributed by atoms with Crippen molar-refractivity contribution in [3.05, 3.63) is 95.2 Å². The number of methoxy groups -OCH3 is 1. The van der Waals surface area contributed by atoms with Gasteiger partial charge in [0.1, 0.15) is 12.5 Å². The van der Waals surface area contributed by atoms with E-state index in [4.69, 9.17) is 29.7 Å². The standard InChI is InChI=1S/C52H69N4O5.Mg/c1-12-17-29(4)18-15-19-30(5)20-16-21-31(6)24-25-61-45(57)23-22-38-34(9)41-26-39-32(7)36(13-2)43(53-39)27-40-33(8)37(14-3)44(54-40)28-42-35(10)46-50(56-42)47(49(38)55-41)48(51(46)58)52(59)60-11;/h24,26-30,34,38,48H,12-23,25H2,1-11H3,(H-,55,56,58);/q-3;+2/p-1/b31-24-,40-27-,41-26-,44-28-;/t29-,30-,34+,38+,48-;/m1./s1. The largest absolute Gasteiger partial charge is 2.00 e. The van der Waals surface area contributed by atoms with Gasteiger partial charge in [0.2, 0.25) is 0 Å². The fraction of sp³-hybridized carbons (Fsp3) is 0.558. The van der Waals surface area contributed by atoms with Gasteiger partial charge in [0, 0.05) is 12.0 Å². The molecule has 5 heterocycles. The second kappa shape index (κ2) is 21.6. The van der Waals surface area contributed by atoms with Gasteiger partial charge in [0.25, 0.3) is 0 Å². The van der Waals surface area contributed by atoms with E-state index in [-0.39, 0.29) is 59.7 Å². The molecule has 0 saturated carbocycles. The number of fused-ring (bicyclic) bond motifs is 7. The summed E-state index contributed by atoms with van der Waals surface area (Å²) in [4.78, 5) is 56.6. The molecule has 0 radical (unpaired) electrons. The zero-order chi connectivity index (χ0) is 44.1. The summed E-state index contributed by atoms with van der Waals surface area (Å²) < 4.78 is 11.0. The third kappa shape index (κ3) is 10.3. The third-order valence-electron chi connectivity index (χ3n) is 13.8. The fourth-order valence-corrected chi connectivity index (χ4v) is 9.92. The Labute approximate surface area is 386 Å². The minimum absolute atomic E-state index is 0. The summed E-state index contributed by atoms with van der Waals surface area (Å²) in [6.07, 6.45) is 20.1. The van der Waals surface area contributed by atoms with Crippen LogP contribution in [0.3, 0.4) is 0 Å². The van der Waals surface area contributed by atoms with Crippen LogP contribution in [0.4, 0.5) is 0 Å². The first-order chi connectivity index (χ1) is 29.2. The Balaban J connectivity index is 0.00000726. The van der Waals surface area contributed by atoms with Gasteiger partial charge in [-0.1, -0.05) is 137 Å². The van der Waals surface area contributed by atoms with E-state index in [0.29, 0.717) is 40.2 Å². The van der Waals surface area contributed by atoms with Crippen molar-refractivity contribution >= 4 is 64.6 Å². The number of ether oxygens (including phenoxy) is 2. The predicted octanol–water partition coefficient (Wildman–Crippen LogP) is 9.26. The minimum atomic E-state index is -1.21. The number of nitrogens with zero attached hydrogens (tertiary/aromatic N) is 4. The van der Waals surface area contributed by atoms with Gasteiger partial charge >= 0.3 is 35.0 Å². The van der Waals surface area contributed by atoms with Gasteiger partial charge in [-0.25, -0.2) is 0 Å². The van der Waals surface area contributed by atoms with Crippen LogP contribution in [-0.2, 0) is 31.9 Å². The van der Waals surface area contributed by atoms with Crippen molar-refractivity contribution in [1.82, 2.24) is 15.0 Å². The molecule has 9 nitrogen and oxygen atoms in total. The number of carbonyl (C=O) groups excluding carboxylic acids is 3. The molecular weight excluding hydrogens is 785 g/mol. The molecule has 1 aliphatic carbocycles. The van der Waals surface area contributed by atoms with Crippen LogP contribution in [0.25, 0.3) is 29.1 Å². The molecule has 0 N–H and O–H groups in total. The monoisotopic (exact) mass is 853 g/mol. The topological polar surface area (TPSA) is 126 Å². The summed E-state index contributed by atoms with van der Waals surface area (Å²) in [7, 11) is 1.30. The molecule has 0 amide bonds. The van der Waals surface area contributed by atoms with Crippen LogP contribution in [0, 0.1) is 50.4 Å². The molecular formula is C52H68MgN4O5-2. The Morgan fingerprint density at radius 1 is 0.806 bits per heavy atom. The molecule has 5 atom stereocenters. The van der Waals surface area contributed by atoms with Crippen LogP contribution in [0.1, 0.15) is 174 Å². The van der Waals surface area contributed by atoms with Crippen LogP contribution in [0.2, 0.25) is 0 Å². The van der Waals surface area contributed by atoms with E-state index in [1.165, 1.54) is 51.2 Å². The van der Waals surface area contributed by atoms with E-state index in [1.807, 2.05) is 25.2 Å². The number of hydrogen-bond acceptors (Lipinski definition) is 5. The molecule has 0 unspecified atom stereocenters. The number of carbonyl (C=O) groups is 3. The third-order valence-corrected chi connectivity index (χ3v) is 13.8. The number of rotatable bonds is 18. The van der Waals surface area contributed by atoms with Crippen LogP contribution >= 0.6 is 0 Å². The van der Waals surface area contributed by atoms with Crippen LogP contribution < -0.4 is 25.7 Å². The average Bonchev–Trinajstić information content (AvgIpc) is 3.97. The van der Waals surface area contributed by atoms with E-state index >= 15 is 0 Å². The summed E-state index contributed by atoms with van der Waals surface area (Å²) in [6, 6.07) is 0. The van der Waals surface area contributed by atoms with Crippen LogP contribution in [0.15, 0.2) is 23.0 Å². The minimum Gasteiger partial charge on any atom is -0.664 e. The summed E-state index contributed by atoms with van der Waals surface area (Å²) in [5.41, 5.74) is 11.4. The number of allylic oxidation sites excluding steroid dienone is 3.